The van der Waals surface area contributed by atoms with E-state index in [9.17, 15) is 4.79 Å². The highest BCUT2D eigenvalue weighted by Gasteiger charge is 2.29. The molecule has 3 aromatic rings. The van der Waals surface area contributed by atoms with Crippen LogP contribution in [0.15, 0.2) is 53.7 Å². The van der Waals surface area contributed by atoms with Crippen LogP contribution in [-0.4, -0.2) is 30.1 Å². The second-order valence-electron chi connectivity index (χ2n) is 7.07. The molecule has 0 fully saturated rings. The van der Waals surface area contributed by atoms with Crippen molar-refractivity contribution < 1.29 is 4.79 Å². The van der Waals surface area contributed by atoms with E-state index >= 15 is 0 Å². The number of carbonyl (C=O) groups excluding carboxylic acids is 1. The topological polar surface area (TPSA) is 96.2 Å². The first-order valence-electron chi connectivity index (χ1n) is 9.16. The zero-order valence-corrected chi connectivity index (χ0v) is 17.2. The summed E-state index contributed by atoms with van der Waals surface area (Å²) in [6.45, 7) is 1.90. The van der Waals surface area contributed by atoms with Crippen LogP contribution in [0, 0.1) is 0 Å². The van der Waals surface area contributed by atoms with Gasteiger partial charge in [-0.25, -0.2) is 14.8 Å². The SMILES string of the molecule is CC1=C(c2nc(-c3ccc(N)cc3)cs2)C(c2ccc(N(C)C)nc2)NC(=O)N1. The van der Waals surface area contributed by atoms with E-state index in [-0.39, 0.29) is 12.1 Å². The van der Waals surface area contributed by atoms with Gasteiger partial charge in [-0.05, 0) is 30.7 Å². The Kier molecular flexibility index (Phi) is 4.94. The Morgan fingerprint density at radius 1 is 1.14 bits per heavy atom. The molecule has 1 aromatic carbocycles. The molecule has 1 unspecified atom stereocenters. The first kappa shape index (κ1) is 18.9. The molecule has 7 nitrogen and oxygen atoms in total. The summed E-state index contributed by atoms with van der Waals surface area (Å²) >= 11 is 1.55. The lowest BCUT2D eigenvalue weighted by atomic mass is 9.97. The second-order valence-corrected chi connectivity index (χ2v) is 7.93. The molecule has 4 rings (SSSR count). The van der Waals surface area contributed by atoms with Crippen molar-refractivity contribution in [1.29, 1.82) is 0 Å². The van der Waals surface area contributed by atoms with Crippen molar-refractivity contribution in [2.75, 3.05) is 24.7 Å². The number of hydrogen-bond acceptors (Lipinski definition) is 6. The number of nitrogen functional groups attached to an aromatic ring is 1. The number of allylic oxidation sites excluding steroid dienone is 1. The van der Waals surface area contributed by atoms with Crippen LogP contribution in [0.2, 0.25) is 0 Å². The van der Waals surface area contributed by atoms with Gasteiger partial charge < -0.3 is 21.3 Å². The normalized spacial score (nSPS) is 16.4. The number of urea groups is 1. The Morgan fingerprint density at radius 2 is 1.90 bits per heavy atom. The van der Waals surface area contributed by atoms with Crippen molar-refractivity contribution in [3.05, 3.63) is 64.2 Å². The maximum Gasteiger partial charge on any atom is 0.319 e. The number of thiazole rings is 1. The van der Waals surface area contributed by atoms with Crippen LogP contribution in [0.5, 0.6) is 0 Å². The number of pyridine rings is 1. The molecule has 0 aliphatic carbocycles. The predicted octanol–water partition coefficient (Wildman–Crippen LogP) is 3.64. The molecular formula is C21H22N6OS. The molecule has 2 aromatic heterocycles. The van der Waals surface area contributed by atoms with E-state index in [4.69, 9.17) is 10.7 Å². The summed E-state index contributed by atoms with van der Waals surface area (Å²) in [5, 5.41) is 8.74. The molecule has 1 atom stereocenters. The van der Waals surface area contributed by atoms with E-state index in [1.54, 1.807) is 17.5 Å². The van der Waals surface area contributed by atoms with E-state index < -0.39 is 0 Å². The Balaban J connectivity index is 1.72. The van der Waals surface area contributed by atoms with Gasteiger partial charge in [-0.3, -0.25) is 0 Å². The van der Waals surface area contributed by atoms with Crippen LogP contribution >= 0.6 is 11.3 Å². The lowest BCUT2D eigenvalue weighted by Gasteiger charge is -2.28. The van der Waals surface area contributed by atoms with Crippen LogP contribution in [0.3, 0.4) is 0 Å². The molecule has 0 bridgehead atoms. The van der Waals surface area contributed by atoms with Gasteiger partial charge in [0.15, 0.2) is 0 Å². The number of anilines is 2. The largest absolute Gasteiger partial charge is 0.399 e. The van der Waals surface area contributed by atoms with Gasteiger partial charge in [0, 0.05) is 48.2 Å². The van der Waals surface area contributed by atoms with Gasteiger partial charge >= 0.3 is 6.03 Å². The number of rotatable bonds is 4. The van der Waals surface area contributed by atoms with E-state index in [0.29, 0.717) is 0 Å². The maximum atomic E-state index is 12.2. The number of nitrogens with two attached hydrogens (primary N) is 1. The highest BCUT2D eigenvalue weighted by molar-refractivity contribution is 7.11. The highest BCUT2D eigenvalue weighted by Crippen LogP contribution is 2.37. The molecule has 4 N–H and O–H groups in total. The second kappa shape index (κ2) is 7.56. The smallest absolute Gasteiger partial charge is 0.319 e. The Hall–Kier alpha value is -3.39. The molecule has 1 aliphatic rings. The van der Waals surface area contributed by atoms with Gasteiger partial charge in [0.2, 0.25) is 0 Å². The summed E-state index contributed by atoms with van der Waals surface area (Å²) in [7, 11) is 3.89. The fourth-order valence-electron chi connectivity index (χ4n) is 3.24. The lowest BCUT2D eigenvalue weighted by molar-refractivity contribution is 0.240. The number of aromatic nitrogens is 2. The average Bonchev–Trinajstić information content (AvgIpc) is 3.17. The van der Waals surface area contributed by atoms with E-state index in [0.717, 1.165) is 44.6 Å². The molecule has 148 valence electrons. The Labute approximate surface area is 173 Å². The quantitative estimate of drug-likeness (QED) is 0.575. The number of nitrogens with one attached hydrogen (secondary N) is 2. The summed E-state index contributed by atoms with van der Waals surface area (Å²) in [5.74, 6) is 0.858. The van der Waals surface area contributed by atoms with Gasteiger partial charge in [-0.15, -0.1) is 11.3 Å². The van der Waals surface area contributed by atoms with E-state index in [2.05, 4.69) is 15.6 Å². The zero-order chi connectivity index (χ0) is 20.5. The molecule has 2 amide bonds. The van der Waals surface area contributed by atoms with Gasteiger partial charge in [0.05, 0.1) is 11.7 Å². The molecule has 1 aliphatic heterocycles. The predicted molar refractivity (Wildman–Crippen MR) is 118 cm³/mol. The minimum Gasteiger partial charge on any atom is -0.399 e. The molecule has 29 heavy (non-hydrogen) atoms. The first-order valence-corrected chi connectivity index (χ1v) is 10.0. The molecule has 0 radical (unpaired) electrons. The van der Waals surface area contributed by atoms with Crippen molar-refractivity contribution in [1.82, 2.24) is 20.6 Å². The van der Waals surface area contributed by atoms with Crippen molar-refractivity contribution in [3.8, 4) is 11.3 Å². The monoisotopic (exact) mass is 406 g/mol. The van der Waals surface area contributed by atoms with Crippen LogP contribution in [-0.2, 0) is 0 Å². The average molecular weight is 407 g/mol. The summed E-state index contributed by atoms with van der Waals surface area (Å²) in [6, 6.07) is 11.0. The fraction of sp³-hybridized carbons (Fsp3) is 0.190. The third kappa shape index (κ3) is 3.79. The zero-order valence-electron chi connectivity index (χ0n) is 16.4. The van der Waals surface area contributed by atoms with Gasteiger partial charge in [-0.2, -0.15) is 0 Å². The molecule has 8 heteroatoms. The van der Waals surface area contributed by atoms with Crippen LogP contribution in [0.4, 0.5) is 16.3 Å². The van der Waals surface area contributed by atoms with Gasteiger partial charge in [0.25, 0.3) is 0 Å². The maximum absolute atomic E-state index is 12.2. The summed E-state index contributed by atoms with van der Waals surface area (Å²) in [4.78, 5) is 23.4. The highest BCUT2D eigenvalue weighted by atomic mass is 32.1. The third-order valence-electron chi connectivity index (χ3n) is 4.77. The molecule has 3 heterocycles. The number of hydrogen-bond donors (Lipinski definition) is 3. The molecule has 0 saturated carbocycles. The minimum absolute atomic E-state index is 0.233. The molecule has 0 spiro atoms. The summed E-state index contributed by atoms with van der Waals surface area (Å²) in [6.07, 6.45) is 1.80. The summed E-state index contributed by atoms with van der Waals surface area (Å²) < 4.78 is 0. The minimum atomic E-state index is -0.321. The number of nitrogens with zero attached hydrogens (tertiary/aromatic N) is 3. The number of carbonyl (C=O) groups is 1. The molecular weight excluding hydrogens is 384 g/mol. The van der Waals surface area contributed by atoms with Crippen molar-refractivity contribution in [3.63, 3.8) is 0 Å². The van der Waals surface area contributed by atoms with Crippen LogP contribution in [0.1, 0.15) is 23.5 Å². The van der Waals surface area contributed by atoms with Gasteiger partial charge in [-0.1, -0.05) is 18.2 Å². The van der Waals surface area contributed by atoms with E-state index in [1.165, 1.54) is 0 Å². The summed E-state index contributed by atoms with van der Waals surface area (Å²) in [5.41, 5.74) is 11.0. The number of benzene rings is 1. The number of amides is 2. The van der Waals surface area contributed by atoms with Gasteiger partial charge in [0.1, 0.15) is 10.8 Å². The fourth-order valence-corrected chi connectivity index (χ4v) is 4.21. The van der Waals surface area contributed by atoms with Crippen LogP contribution < -0.4 is 21.3 Å². The van der Waals surface area contributed by atoms with Crippen molar-refractivity contribution in [2.45, 2.75) is 13.0 Å². The van der Waals surface area contributed by atoms with E-state index in [1.807, 2.05) is 67.7 Å². The van der Waals surface area contributed by atoms with Crippen LogP contribution in [0.25, 0.3) is 16.8 Å². The third-order valence-corrected chi connectivity index (χ3v) is 5.65. The Bertz CT molecular complexity index is 1070. The van der Waals surface area contributed by atoms with Crippen molar-refractivity contribution in [2.24, 2.45) is 0 Å². The Morgan fingerprint density at radius 3 is 2.55 bits per heavy atom. The molecule has 0 saturated heterocycles. The van der Waals surface area contributed by atoms with Crippen molar-refractivity contribution >= 4 is 34.4 Å². The first-order chi connectivity index (χ1) is 13.9. The standard InChI is InChI=1S/C21H22N6OS/c1-12-18(20-25-16(11-29-20)13-4-7-15(22)8-5-13)19(26-21(28)24-12)14-6-9-17(23-10-14)27(2)3/h4-11,19H,22H2,1-3H3,(H2,24,26,28). The lowest BCUT2D eigenvalue weighted by Crippen LogP contribution is -2.42.